The summed E-state index contributed by atoms with van der Waals surface area (Å²) >= 11 is 0. The van der Waals surface area contributed by atoms with Gasteiger partial charge >= 0.3 is 5.97 Å². The third-order valence-corrected chi connectivity index (χ3v) is 2.25. The molecule has 0 radical (unpaired) electrons. The van der Waals surface area contributed by atoms with Gasteiger partial charge in [0.05, 0.1) is 6.61 Å². The summed E-state index contributed by atoms with van der Waals surface area (Å²) in [6, 6.07) is 5.08. The molecule has 4 nitrogen and oxygen atoms in total. The second-order valence-electron chi connectivity index (χ2n) is 3.52. The summed E-state index contributed by atoms with van der Waals surface area (Å²) in [4.78, 5) is 22.2. The molecule has 0 bridgehead atoms. The van der Waals surface area contributed by atoms with E-state index in [9.17, 15) is 9.59 Å². The van der Waals surface area contributed by atoms with E-state index < -0.39 is 11.9 Å². The molecule has 0 aliphatic carbocycles. The Labute approximate surface area is 100 Å². The van der Waals surface area contributed by atoms with Crippen LogP contribution >= 0.6 is 0 Å². The van der Waals surface area contributed by atoms with Crippen molar-refractivity contribution in [2.45, 2.75) is 13.8 Å². The lowest BCUT2D eigenvalue weighted by atomic mass is 10.0. The predicted octanol–water partition coefficient (Wildman–Crippen LogP) is 1.67. The number of hydrogen-bond acceptors (Lipinski definition) is 3. The molecule has 0 aliphatic heterocycles. The number of amides is 1. The van der Waals surface area contributed by atoms with Crippen molar-refractivity contribution in [3.8, 4) is 0 Å². The Morgan fingerprint density at radius 1 is 1.41 bits per heavy atom. The monoisotopic (exact) mass is 233 g/mol. The number of ether oxygens (including phenoxy) is 1. The predicted molar refractivity (Wildman–Crippen MR) is 65.4 cm³/mol. The number of aryl methyl sites for hydroxylation is 1. The van der Waals surface area contributed by atoms with Gasteiger partial charge in [0.1, 0.15) is 0 Å². The zero-order valence-electron chi connectivity index (χ0n) is 9.90. The summed E-state index contributed by atoms with van der Waals surface area (Å²) in [5.41, 5.74) is 7.32. The molecule has 17 heavy (non-hydrogen) atoms. The van der Waals surface area contributed by atoms with E-state index in [1.165, 1.54) is 6.08 Å². The fourth-order valence-electron chi connectivity index (χ4n) is 1.32. The molecule has 4 heteroatoms. The molecule has 1 rings (SSSR count). The van der Waals surface area contributed by atoms with Gasteiger partial charge in [-0.2, -0.15) is 0 Å². The first-order chi connectivity index (χ1) is 8.04. The number of carbonyl (C=O) groups is 2. The lowest BCUT2D eigenvalue weighted by Crippen LogP contribution is -2.11. The molecule has 1 aromatic carbocycles. The molecule has 0 aliphatic rings. The molecule has 0 aromatic heterocycles. The van der Waals surface area contributed by atoms with Crippen LogP contribution in [0.25, 0.3) is 6.08 Å². The van der Waals surface area contributed by atoms with Crippen LogP contribution in [-0.2, 0) is 9.53 Å². The minimum Gasteiger partial charge on any atom is -0.463 e. The first kappa shape index (κ1) is 13.0. The van der Waals surface area contributed by atoms with Crippen molar-refractivity contribution in [2.75, 3.05) is 6.61 Å². The molecule has 0 heterocycles. The van der Waals surface area contributed by atoms with Crippen molar-refractivity contribution in [2.24, 2.45) is 5.73 Å². The van der Waals surface area contributed by atoms with E-state index in [0.29, 0.717) is 12.2 Å². The van der Waals surface area contributed by atoms with Crippen LogP contribution in [0.5, 0.6) is 0 Å². The van der Waals surface area contributed by atoms with E-state index in [0.717, 1.165) is 11.1 Å². The fraction of sp³-hybridized carbons (Fsp3) is 0.231. The van der Waals surface area contributed by atoms with Crippen molar-refractivity contribution in [1.82, 2.24) is 0 Å². The van der Waals surface area contributed by atoms with Gasteiger partial charge in [-0.1, -0.05) is 6.07 Å². The molecular weight excluding hydrogens is 218 g/mol. The summed E-state index contributed by atoms with van der Waals surface area (Å²) < 4.78 is 4.76. The van der Waals surface area contributed by atoms with Crippen LogP contribution in [0.1, 0.15) is 28.4 Å². The van der Waals surface area contributed by atoms with Crippen molar-refractivity contribution in [3.63, 3.8) is 0 Å². The summed E-state index contributed by atoms with van der Waals surface area (Å²) in [6.07, 6.45) is 2.94. The molecule has 90 valence electrons. The zero-order valence-corrected chi connectivity index (χ0v) is 9.90. The van der Waals surface area contributed by atoms with Gasteiger partial charge in [-0.05, 0) is 43.2 Å². The van der Waals surface area contributed by atoms with Crippen LogP contribution in [0, 0.1) is 6.92 Å². The van der Waals surface area contributed by atoms with Crippen molar-refractivity contribution in [1.29, 1.82) is 0 Å². The number of nitrogens with two attached hydrogens (primary N) is 1. The van der Waals surface area contributed by atoms with Gasteiger partial charge in [0.2, 0.25) is 5.91 Å². The minimum absolute atomic E-state index is 0.337. The summed E-state index contributed by atoms with van der Waals surface area (Å²) in [5.74, 6) is -0.896. The Kier molecular flexibility index (Phi) is 4.46. The van der Waals surface area contributed by atoms with Crippen molar-refractivity contribution in [3.05, 3.63) is 41.0 Å². The van der Waals surface area contributed by atoms with Crippen LogP contribution in [-0.4, -0.2) is 18.5 Å². The highest BCUT2D eigenvalue weighted by molar-refractivity contribution is 5.94. The van der Waals surface area contributed by atoms with Gasteiger partial charge in [0, 0.05) is 11.6 Å². The molecule has 0 spiro atoms. The Bertz CT molecular complexity index is 464. The van der Waals surface area contributed by atoms with E-state index in [1.807, 2.05) is 6.92 Å². The average Bonchev–Trinajstić information content (AvgIpc) is 2.28. The molecule has 1 amide bonds. The van der Waals surface area contributed by atoms with E-state index in [4.69, 9.17) is 10.5 Å². The van der Waals surface area contributed by atoms with Gasteiger partial charge in [-0.3, -0.25) is 4.79 Å². The fourth-order valence-corrected chi connectivity index (χ4v) is 1.32. The molecule has 2 N–H and O–H groups in total. The zero-order chi connectivity index (χ0) is 12.8. The molecule has 0 saturated carbocycles. The first-order valence-electron chi connectivity index (χ1n) is 5.30. The lowest BCUT2D eigenvalue weighted by Gasteiger charge is -2.02. The molecule has 1 aromatic rings. The Balaban J connectivity index is 2.93. The SMILES string of the molecule is CCOC(=O)C=Cc1cc(C(N)=O)ccc1C. The van der Waals surface area contributed by atoms with Crippen LogP contribution in [0.3, 0.4) is 0 Å². The topological polar surface area (TPSA) is 69.4 Å². The van der Waals surface area contributed by atoms with Gasteiger partial charge in [0.25, 0.3) is 0 Å². The van der Waals surface area contributed by atoms with E-state index >= 15 is 0 Å². The number of esters is 1. The molecule has 0 fully saturated rings. The highest BCUT2D eigenvalue weighted by Gasteiger charge is 2.03. The lowest BCUT2D eigenvalue weighted by molar-refractivity contribution is -0.137. The van der Waals surface area contributed by atoms with Crippen LogP contribution in [0.4, 0.5) is 0 Å². The van der Waals surface area contributed by atoms with Crippen molar-refractivity contribution < 1.29 is 14.3 Å². The van der Waals surface area contributed by atoms with Crippen LogP contribution in [0.2, 0.25) is 0 Å². The van der Waals surface area contributed by atoms with Crippen molar-refractivity contribution >= 4 is 18.0 Å². The Hall–Kier alpha value is -2.10. The average molecular weight is 233 g/mol. The normalized spacial score (nSPS) is 10.5. The first-order valence-corrected chi connectivity index (χ1v) is 5.30. The number of benzene rings is 1. The molecule has 0 unspecified atom stereocenters. The Morgan fingerprint density at radius 3 is 2.71 bits per heavy atom. The molecule has 0 saturated heterocycles. The highest BCUT2D eigenvalue weighted by Crippen LogP contribution is 2.12. The van der Waals surface area contributed by atoms with E-state index in [1.54, 1.807) is 31.2 Å². The van der Waals surface area contributed by atoms with Gasteiger partial charge in [-0.15, -0.1) is 0 Å². The van der Waals surface area contributed by atoms with E-state index in [-0.39, 0.29) is 0 Å². The smallest absolute Gasteiger partial charge is 0.330 e. The van der Waals surface area contributed by atoms with Crippen LogP contribution in [0.15, 0.2) is 24.3 Å². The maximum absolute atomic E-state index is 11.1. The number of primary amides is 1. The van der Waals surface area contributed by atoms with Gasteiger partial charge in [-0.25, -0.2) is 4.79 Å². The largest absolute Gasteiger partial charge is 0.463 e. The number of hydrogen-bond donors (Lipinski definition) is 1. The third-order valence-electron chi connectivity index (χ3n) is 2.25. The summed E-state index contributed by atoms with van der Waals surface area (Å²) in [7, 11) is 0. The number of rotatable bonds is 4. The third kappa shape index (κ3) is 3.75. The highest BCUT2D eigenvalue weighted by atomic mass is 16.5. The quantitative estimate of drug-likeness (QED) is 0.635. The molecule has 0 atom stereocenters. The maximum atomic E-state index is 11.1. The standard InChI is InChI=1S/C13H15NO3/c1-3-17-12(15)7-6-10-8-11(13(14)16)5-4-9(10)2/h4-8H,3H2,1-2H3,(H2,14,16). The molecular formula is C13H15NO3. The summed E-state index contributed by atoms with van der Waals surface area (Å²) in [5, 5.41) is 0. The van der Waals surface area contributed by atoms with Gasteiger partial charge < -0.3 is 10.5 Å². The van der Waals surface area contributed by atoms with Crippen LogP contribution < -0.4 is 5.73 Å². The minimum atomic E-state index is -0.490. The van der Waals surface area contributed by atoms with Gasteiger partial charge in [0.15, 0.2) is 0 Å². The summed E-state index contributed by atoms with van der Waals surface area (Å²) in [6.45, 7) is 3.96. The maximum Gasteiger partial charge on any atom is 0.330 e. The Morgan fingerprint density at radius 2 is 2.12 bits per heavy atom. The second-order valence-corrected chi connectivity index (χ2v) is 3.52. The second kappa shape index (κ2) is 5.84. The van der Waals surface area contributed by atoms with E-state index in [2.05, 4.69) is 0 Å². The number of carbonyl (C=O) groups excluding carboxylic acids is 2.